The number of aromatic nitrogens is 1. The molecule has 0 saturated carbocycles. The summed E-state index contributed by atoms with van der Waals surface area (Å²) < 4.78 is 5.67. The first-order valence-corrected chi connectivity index (χ1v) is 6.30. The molecule has 100 valence electrons. The second-order valence-electron chi connectivity index (χ2n) is 4.77. The minimum Gasteiger partial charge on any atom is -0.439 e. The third-order valence-electron chi connectivity index (χ3n) is 3.42. The number of nitrogens with two attached hydrogens (primary N) is 1. The van der Waals surface area contributed by atoms with Crippen LogP contribution in [0.2, 0.25) is 0 Å². The number of piperazine rings is 1. The number of nitrogens with one attached hydrogen (secondary N) is 1. The lowest BCUT2D eigenvalue weighted by atomic mass is 10.2. The Morgan fingerprint density at radius 3 is 3.26 bits per heavy atom. The Morgan fingerprint density at radius 1 is 1.58 bits per heavy atom. The summed E-state index contributed by atoms with van der Waals surface area (Å²) in [5, 5.41) is 2.83. The van der Waals surface area contributed by atoms with Crippen LogP contribution in [-0.4, -0.2) is 34.9 Å². The molecule has 1 aromatic heterocycles. The van der Waals surface area contributed by atoms with Crippen LogP contribution in [0.15, 0.2) is 22.6 Å². The van der Waals surface area contributed by atoms with Gasteiger partial charge in [0.05, 0.1) is 12.6 Å². The zero-order valence-electron chi connectivity index (χ0n) is 10.7. The van der Waals surface area contributed by atoms with Crippen LogP contribution in [0, 0.1) is 0 Å². The Kier molecular flexibility index (Phi) is 2.87. The number of rotatable bonds is 2. The number of oxazole rings is 1. The molecule has 0 radical (unpaired) electrons. The molecule has 6 nitrogen and oxygen atoms in total. The van der Waals surface area contributed by atoms with Gasteiger partial charge in [-0.2, -0.15) is 0 Å². The van der Waals surface area contributed by atoms with E-state index in [1.54, 1.807) is 12.1 Å². The van der Waals surface area contributed by atoms with Crippen LogP contribution in [0.3, 0.4) is 0 Å². The zero-order valence-corrected chi connectivity index (χ0v) is 10.7. The molecule has 1 aromatic carbocycles. The number of carbonyl (C=O) groups excluding carboxylic acids is 1. The van der Waals surface area contributed by atoms with Crippen molar-refractivity contribution in [3.05, 3.63) is 24.1 Å². The number of anilines is 1. The van der Waals surface area contributed by atoms with Crippen molar-refractivity contribution >= 4 is 22.7 Å². The summed E-state index contributed by atoms with van der Waals surface area (Å²) >= 11 is 0. The monoisotopic (exact) mass is 260 g/mol. The fourth-order valence-electron chi connectivity index (χ4n) is 2.28. The molecule has 0 spiro atoms. The van der Waals surface area contributed by atoms with Crippen molar-refractivity contribution in [3.63, 3.8) is 0 Å². The molecule has 3 rings (SSSR count). The van der Waals surface area contributed by atoms with Crippen molar-refractivity contribution < 1.29 is 9.21 Å². The van der Waals surface area contributed by atoms with Gasteiger partial charge in [0.1, 0.15) is 5.52 Å². The maximum Gasteiger partial charge on any atom is 0.237 e. The lowest BCUT2D eigenvalue weighted by Gasteiger charge is -2.31. The van der Waals surface area contributed by atoms with Gasteiger partial charge in [0, 0.05) is 24.8 Å². The van der Waals surface area contributed by atoms with Crippen LogP contribution in [0.25, 0.3) is 11.1 Å². The van der Waals surface area contributed by atoms with E-state index < -0.39 is 0 Å². The van der Waals surface area contributed by atoms with Crippen LogP contribution in [0.1, 0.15) is 12.8 Å². The molecule has 0 bridgehead atoms. The molecule has 1 aliphatic rings. The van der Waals surface area contributed by atoms with Crippen LogP contribution in [0.5, 0.6) is 0 Å². The number of nitrogen functional groups attached to an aromatic ring is 1. The molecular weight excluding hydrogens is 244 g/mol. The molecule has 1 atom stereocenters. The summed E-state index contributed by atoms with van der Waals surface area (Å²) in [6, 6.07) is 5.24. The minimum absolute atomic E-state index is 0.0478. The summed E-state index contributed by atoms with van der Waals surface area (Å²) in [6.45, 7) is 3.88. The van der Waals surface area contributed by atoms with E-state index in [2.05, 4.69) is 10.3 Å². The quantitative estimate of drug-likeness (QED) is 0.778. The van der Waals surface area contributed by atoms with Gasteiger partial charge in [-0.1, -0.05) is 0 Å². The highest BCUT2D eigenvalue weighted by Gasteiger charge is 2.26. The Hall–Kier alpha value is -2.08. The molecule has 1 saturated heterocycles. The number of hydrogen-bond donors (Lipinski definition) is 2. The largest absolute Gasteiger partial charge is 0.439 e. The Bertz CT molecular complexity index is 622. The Labute approximate surface area is 110 Å². The van der Waals surface area contributed by atoms with Crippen LogP contribution >= 0.6 is 0 Å². The van der Waals surface area contributed by atoms with Crippen molar-refractivity contribution in [1.82, 2.24) is 15.2 Å². The summed E-state index contributed by atoms with van der Waals surface area (Å²) in [4.78, 5) is 18.1. The third kappa shape index (κ3) is 2.26. The maximum absolute atomic E-state index is 11.6. The van der Waals surface area contributed by atoms with Gasteiger partial charge in [0.25, 0.3) is 0 Å². The van der Waals surface area contributed by atoms with Gasteiger partial charge in [-0.25, -0.2) is 4.98 Å². The first-order chi connectivity index (χ1) is 9.13. The third-order valence-corrected chi connectivity index (χ3v) is 3.42. The normalized spacial score (nSPS) is 20.7. The molecule has 1 unspecified atom stereocenters. The molecule has 3 N–H and O–H groups in total. The number of carbonyl (C=O) groups is 1. The molecule has 0 aliphatic carbocycles. The van der Waals surface area contributed by atoms with Gasteiger partial charge in [-0.05, 0) is 19.1 Å². The second kappa shape index (κ2) is 4.55. The highest BCUT2D eigenvalue weighted by Crippen LogP contribution is 2.20. The van der Waals surface area contributed by atoms with E-state index in [-0.39, 0.29) is 11.9 Å². The molecule has 1 fully saturated rings. The average molecular weight is 260 g/mol. The number of hydrogen-bond acceptors (Lipinski definition) is 5. The lowest BCUT2D eigenvalue weighted by Crippen LogP contribution is -2.53. The highest BCUT2D eigenvalue weighted by molar-refractivity contribution is 5.82. The van der Waals surface area contributed by atoms with E-state index in [9.17, 15) is 4.79 Å². The molecule has 2 aromatic rings. The van der Waals surface area contributed by atoms with E-state index in [1.165, 1.54) is 0 Å². The lowest BCUT2D eigenvalue weighted by molar-refractivity contribution is -0.128. The summed E-state index contributed by atoms with van der Waals surface area (Å²) in [5.41, 5.74) is 7.83. The fraction of sp³-hybridized carbons (Fsp3) is 0.385. The predicted octanol–water partition coefficient (Wildman–Crippen LogP) is 0.730. The first kappa shape index (κ1) is 12.0. The number of amides is 1. The van der Waals surface area contributed by atoms with Gasteiger partial charge >= 0.3 is 0 Å². The van der Waals surface area contributed by atoms with Gasteiger partial charge in [-0.15, -0.1) is 0 Å². The average Bonchev–Trinajstić information content (AvgIpc) is 2.76. The SMILES string of the molecule is CC1C(=O)NCCN1Cc1nc2ccc(N)cc2o1. The highest BCUT2D eigenvalue weighted by atomic mass is 16.3. The van der Waals surface area contributed by atoms with Crippen molar-refractivity contribution in [3.8, 4) is 0 Å². The van der Waals surface area contributed by atoms with Gasteiger partial charge < -0.3 is 15.5 Å². The minimum atomic E-state index is -0.158. The molecule has 19 heavy (non-hydrogen) atoms. The number of benzene rings is 1. The number of fused-ring (bicyclic) bond motifs is 1. The molecule has 6 heteroatoms. The van der Waals surface area contributed by atoms with Crippen LogP contribution in [0.4, 0.5) is 5.69 Å². The van der Waals surface area contributed by atoms with Crippen molar-refractivity contribution in [2.75, 3.05) is 18.8 Å². The van der Waals surface area contributed by atoms with Crippen molar-refractivity contribution in [1.29, 1.82) is 0 Å². The van der Waals surface area contributed by atoms with Crippen molar-refractivity contribution in [2.24, 2.45) is 0 Å². The molecule has 1 aliphatic heterocycles. The summed E-state index contributed by atoms with van der Waals surface area (Å²) in [6.07, 6.45) is 0. The molecule has 1 amide bonds. The van der Waals surface area contributed by atoms with Gasteiger partial charge in [0.15, 0.2) is 5.58 Å². The zero-order chi connectivity index (χ0) is 13.4. The van der Waals surface area contributed by atoms with Gasteiger partial charge in [0.2, 0.25) is 11.8 Å². The summed E-state index contributed by atoms with van der Waals surface area (Å²) in [7, 11) is 0. The van der Waals surface area contributed by atoms with Crippen LogP contribution < -0.4 is 11.1 Å². The van der Waals surface area contributed by atoms with E-state index in [1.807, 2.05) is 17.9 Å². The Balaban J connectivity index is 1.83. The van der Waals surface area contributed by atoms with E-state index >= 15 is 0 Å². The van der Waals surface area contributed by atoms with E-state index in [0.29, 0.717) is 30.3 Å². The van der Waals surface area contributed by atoms with E-state index in [4.69, 9.17) is 10.2 Å². The first-order valence-electron chi connectivity index (χ1n) is 6.30. The molecular formula is C13H16N4O2. The van der Waals surface area contributed by atoms with Crippen LogP contribution in [-0.2, 0) is 11.3 Å². The fourth-order valence-corrected chi connectivity index (χ4v) is 2.28. The number of nitrogens with zero attached hydrogens (tertiary/aromatic N) is 2. The molecule has 2 heterocycles. The predicted molar refractivity (Wildman–Crippen MR) is 71.3 cm³/mol. The smallest absolute Gasteiger partial charge is 0.237 e. The topological polar surface area (TPSA) is 84.4 Å². The van der Waals surface area contributed by atoms with E-state index in [0.717, 1.165) is 12.1 Å². The van der Waals surface area contributed by atoms with Crippen molar-refractivity contribution in [2.45, 2.75) is 19.5 Å². The van der Waals surface area contributed by atoms with Gasteiger partial charge in [-0.3, -0.25) is 9.69 Å². The summed E-state index contributed by atoms with van der Waals surface area (Å²) in [5.74, 6) is 0.661. The second-order valence-corrected chi connectivity index (χ2v) is 4.77. The standard InChI is InChI=1S/C13H16N4O2/c1-8-13(18)15-4-5-17(8)7-12-16-10-3-2-9(14)6-11(10)19-12/h2-3,6,8H,4-5,7,14H2,1H3,(H,15,18). The maximum atomic E-state index is 11.6. The Morgan fingerprint density at radius 2 is 2.42 bits per heavy atom.